The van der Waals surface area contributed by atoms with Crippen LogP contribution in [0.4, 0.5) is 5.69 Å². The molecule has 0 bridgehead atoms. The van der Waals surface area contributed by atoms with Crippen LogP contribution in [0.5, 0.6) is 11.5 Å². The summed E-state index contributed by atoms with van der Waals surface area (Å²) in [6.45, 7) is 6.66. The summed E-state index contributed by atoms with van der Waals surface area (Å²) in [5.41, 5.74) is 1.31. The van der Waals surface area contributed by atoms with Crippen molar-refractivity contribution in [1.29, 1.82) is 0 Å². The molecule has 6 nitrogen and oxygen atoms in total. The Kier molecular flexibility index (Phi) is 7.02. The van der Waals surface area contributed by atoms with Crippen LogP contribution in [-0.2, 0) is 4.74 Å². The van der Waals surface area contributed by atoms with Crippen LogP contribution in [0.25, 0.3) is 0 Å². The molecule has 0 radical (unpaired) electrons. The van der Waals surface area contributed by atoms with Crippen molar-refractivity contribution in [2.45, 2.75) is 20.8 Å². The zero-order valence-electron chi connectivity index (χ0n) is 15.2. The highest BCUT2D eigenvalue weighted by Gasteiger charge is 2.14. The van der Waals surface area contributed by atoms with Gasteiger partial charge in [0.1, 0.15) is 11.5 Å². The van der Waals surface area contributed by atoms with E-state index in [1.54, 1.807) is 49.4 Å². The van der Waals surface area contributed by atoms with Crippen LogP contribution in [0.3, 0.4) is 0 Å². The summed E-state index contributed by atoms with van der Waals surface area (Å²) in [7, 11) is 0. The van der Waals surface area contributed by atoms with E-state index in [1.807, 2.05) is 13.8 Å². The maximum atomic E-state index is 12.5. The SMILES string of the molecule is CCOC(=O)c1ccc(NC(=O)c2cccc(OCC)c2)c(OCC)c1. The number of carbonyl (C=O) groups excluding carboxylic acids is 2. The largest absolute Gasteiger partial charge is 0.494 e. The number of rotatable bonds is 8. The van der Waals surface area contributed by atoms with Gasteiger partial charge in [0.15, 0.2) is 0 Å². The molecule has 0 saturated carbocycles. The Morgan fingerprint density at radius 1 is 0.885 bits per heavy atom. The lowest BCUT2D eigenvalue weighted by Crippen LogP contribution is -2.14. The second kappa shape index (κ2) is 9.46. The number of nitrogens with one attached hydrogen (secondary N) is 1. The lowest BCUT2D eigenvalue weighted by molar-refractivity contribution is 0.0526. The van der Waals surface area contributed by atoms with Gasteiger partial charge in [0.25, 0.3) is 5.91 Å². The number of ether oxygens (including phenoxy) is 3. The molecule has 0 spiro atoms. The standard InChI is InChI=1S/C20H23NO5/c1-4-24-16-9-7-8-14(12-16)19(22)21-17-11-10-15(20(23)26-6-3)13-18(17)25-5-2/h7-13H,4-6H2,1-3H3,(H,21,22). The second-order valence-corrected chi connectivity index (χ2v) is 5.28. The number of hydrogen-bond acceptors (Lipinski definition) is 5. The maximum absolute atomic E-state index is 12.5. The second-order valence-electron chi connectivity index (χ2n) is 5.28. The van der Waals surface area contributed by atoms with Crippen molar-refractivity contribution in [2.75, 3.05) is 25.1 Å². The van der Waals surface area contributed by atoms with Crippen LogP contribution in [0.1, 0.15) is 41.5 Å². The first-order valence-corrected chi connectivity index (χ1v) is 8.57. The minimum absolute atomic E-state index is 0.289. The van der Waals surface area contributed by atoms with Crippen LogP contribution >= 0.6 is 0 Å². The molecule has 0 aliphatic heterocycles. The van der Waals surface area contributed by atoms with E-state index in [9.17, 15) is 9.59 Å². The maximum Gasteiger partial charge on any atom is 0.338 e. The molecule has 0 aliphatic carbocycles. The van der Waals surface area contributed by atoms with Crippen LogP contribution in [0.15, 0.2) is 42.5 Å². The van der Waals surface area contributed by atoms with Gasteiger partial charge in [0, 0.05) is 5.56 Å². The van der Waals surface area contributed by atoms with Crippen molar-refractivity contribution in [3.8, 4) is 11.5 Å². The molecule has 0 heterocycles. The van der Waals surface area contributed by atoms with Crippen LogP contribution in [-0.4, -0.2) is 31.7 Å². The molecule has 0 fully saturated rings. The van der Waals surface area contributed by atoms with Crippen molar-refractivity contribution in [3.63, 3.8) is 0 Å². The van der Waals surface area contributed by atoms with E-state index in [0.29, 0.717) is 41.5 Å². The van der Waals surface area contributed by atoms with E-state index >= 15 is 0 Å². The molecule has 0 unspecified atom stereocenters. The first kappa shape index (κ1) is 19.3. The van der Waals surface area contributed by atoms with Gasteiger partial charge >= 0.3 is 5.97 Å². The first-order valence-electron chi connectivity index (χ1n) is 8.57. The monoisotopic (exact) mass is 357 g/mol. The van der Waals surface area contributed by atoms with Gasteiger partial charge in [-0.2, -0.15) is 0 Å². The Labute approximate surface area is 153 Å². The van der Waals surface area contributed by atoms with Gasteiger partial charge < -0.3 is 19.5 Å². The Morgan fingerprint density at radius 2 is 1.65 bits per heavy atom. The van der Waals surface area contributed by atoms with Gasteiger partial charge in [0.05, 0.1) is 31.1 Å². The molecule has 138 valence electrons. The fourth-order valence-electron chi connectivity index (χ4n) is 2.33. The normalized spacial score (nSPS) is 10.1. The number of hydrogen-bond donors (Lipinski definition) is 1. The minimum atomic E-state index is -0.434. The van der Waals surface area contributed by atoms with Gasteiger partial charge in [-0.1, -0.05) is 6.07 Å². The molecule has 2 aromatic rings. The fraction of sp³-hybridized carbons (Fsp3) is 0.300. The highest BCUT2D eigenvalue weighted by atomic mass is 16.5. The summed E-state index contributed by atoms with van der Waals surface area (Å²) < 4.78 is 16.0. The minimum Gasteiger partial charge on any atom is -0.494 e. The summed E-state index contributed by atoms with van der Waals surface area (Å²) in [6.07, 6.45) is 0. The van der Waals surface area contributed by atoms with Crippen LogP contribution in [0, 0.1) is 0 Å². The molecule has 0 aliphatic rings. The van der Waals surface area contributed by atoms with Crippen LogP contribution in [0.2, 0.25) is 0 Å². The third-order valence-corrected chi connectivity index (χ3v) is 3.45. The van der Waals surface area contributed by atoms with Crippen molar-refractivity contribution >= 4 is 17.6 Å². The molecule has 0 atom stereocenters. The summed E-state index contributed by atoms with van der Waals surface area (Å²) in [6, 6.07) is 11.7. The zero-order valence-corrected chi connectivity index (χ0v) is 15.2. The molecule has 0 saturated heterocycles. The Morgan fingerprint density at radius 3 is 2.35 bits per heavy atom. The molecule has 26 heavy (non-hydrogen) atoms. The van der Waals surface area contributed by atoms with Crippen molar-refractivity contribution < 1.29 is 23.8 Å². The van der Waals surface area contributed by atoms with Gasteiger partial charge in [0.2, 0.25) is 0 Å². The average Bonchev–Trinajstić information content (AvgIpc) is 2.64. The molecular weight excluding hydrogens is 334 g/mol. The van der Waals surface area contributed by atoms with E-state index in [4.69, 9.17) is 14.2 Å². The van der Waals surface area contributed by atoms with Gasteiger partial charge in [-0.25, -0.2) is 4.79 Å². The van der Waals surface area contributed by atoms with Crippen molar-refractivity contribution in [3.05, 3.63) is 53.6 Å². The summed E-state index contributed by atoms with van der Waals surface area (Å²) in [5, 5.41) is 2.81. The molecule has 2 aromatic carbocycles. The van der Waals surface area contributed by atoms with Crippen molar-refractivity contribution in [1.82, 2.24) is 0 Å². The lowest BCUT2D eigenvalue weighted by atomic mass is 10.1. The molecule has 1 N–H and O–H groups in total. The predicted molar refractivity (Wildman–Crippen MR) is 99.1 cm³/mol. The Balaban J connectivity index is 2.23. The van der Waals surface area contributed by atoms with E-state index in [1.165, 1.54) is 0 Å². The number of amides is 1. The summed E-state index contributed by atoms with van der Waals surface area (Å²) >= 11 is 0. The number of esters is 1. The Hall–Kier alpha value is -3.02. The number of benzene rings is 2. The third kappa shape index (κ3) is 4.99. The van der Waals surface area contributed by atoms with Crippen LogP contribution < -0.4 is 14.8 Å². The average molecular weight is 357 g/mol. The zero-order chi connectivity index (χ0) is 18.9. The predicted octanol–water partition coefficient (Wildman–Crippen LogP) is 3.91. The molecule has 2 rings (SSSR count). The topological polar surface area (TPSA) is 73.9 Å². The van der Waals surface area contributed by atoms with E-state index in [-0.39, 0.29) is 12.5 Å². The van der Waals surface area contributed by atoms with Gasteiger partial charge in [-0.3, -0.25) is 4.79 Å². The lowest BCUT2D eigenvalue weighted by Gasteiger charge is -2.13. The quantitative estimate of drug-likeness (QED) is 0.725. The molecular formula is C20H23NO5. The summed E-state index contributed by atoms with van der Waals surface area (Å²) in [5.74, 6) is 0.308. The highest BCUT2D eigenvalue weighted by Crippen LogP contribution is 2.27. The Bertz CT molecular complexity index is 773. The van der Waals surface area contributed by atoms with Crippen molar-refractivity contribution in [2.24, 2.45) is 0 Å². The first-order chi connectivity index (χ1) is 12.6. The smallest absolute Gasteiger partial charge is 0.338 e. The van der Waals surface area contributed by atoms with E-state index < -0.39 is 5.97 Å². The van der Waals surface area contributed by atoms with E-state index in [2.05, 4.69) is 5.32 Å². The number of carbonyl (C=O) groups is 2. The van der Waals surface area contributed by atoms with Gasteiger partial charge in [-0.05, 0) is 57.2 Å². The van der Waals surface area contributed by atoms with E-state index in [0.717, 1.165) is 0 Å². The summed E-state index contributed by atoms with van der Waals surface area (Å²) in [4.78, 5) is 24.4. The van der Waals surface area contributed by atoms with Gasteiger partial charge in [-0.15, -0.1) is 0 Å². The highest BCUT2D eigenvalue weighted by molar-refractivity contribution is 6.05. The molecule has 1 amide bonds. The molecule has 6 heteroatoms. The molecule has 0 aromatic heterocycles. The fourth-order valence-corrected chi connectivity index (χ4v) is 2.33. The number of anilines is 1. The third-order valence-electron chi connectivity index (χ3n) is 3.45.